The molecule has 2 atom stereocenters. The number of nitrogens with one attached hydrogen (secondary N) is 1. The number of benzene rings is 1. The number of hydrogen-bond acceptors (Lipinski definition) is 6. The summed E-state index contributed by atoms with van der Waals surface area (Å²) < 4.78 is 83.5. The fourth-order valence-corrected chi connectivity index (χ4v) is 5.69. The molecule has 1 N–H and O–H groups in total. The molecule has 2 aromatic heterocycles. The van der Waals surface area contributed by atoms with Crippen LogP contribution in [0.1, 0.15) is 24.1 Å². The van der Waals surface area contributed by atoms with Gasteiger partial charge in [-0.05, 0) is 49.2 Å². The molecular weight excluding hydrogens is 492 g/mol. The molecule has 13 heteroatoms. The summed E-state index contributed by atoms with van der Waals surface area (Å²) in [6, 6.07) is 5.90. The van der Waals surface area contributed by atoms with Crippen LogP contribution >= 0.6 is 0 Å². The highest BCUT2D eigenvalue weighted by molar-refractivity contribution is 7.92. The molecule has 0 unspecified atom stereocenters. The van der Waals surface area contributed by atoms with Gasteiger partial charge in [0.2, 0.25) is 11.8 Å². The third-order valence-electron chi connectivity index (χ3n) is 5.70. The van der Waals surface area contributed by atoms with Crippen molar-refractivity contribution in [1.82, 2.24) is 20.1 Å². The van der Waals surface area contributed by atoms with Crippen molar-refractivity contribution in [1.29, 1.82) is 0 Å². The van der Waals surface area contributed by atoms with Crippen LogP contribution in [0.25, 0.3) is 5.69 Å². The van der Waals surface area contributed by atoms with E-state index in [1.165, 1.54) is 36.2 Å². The summed E-state index contributed by atoms with van der Waals surface area (Å²) in [6.07, 6.45) is -1.53. The lowest BCUT2D eigenvalue weighted by atomic mass is 9.92. The summed E-state index contributed by atoms with van der Waals surface area (Å²) in [7, 11) is -2.43. The molecule has 35 heavy (non-hydrogen) atoms. The first-order valence-electron chi connectivity index (χ1n) is 10.4. The molecule has 0 saturated heterocycles. The Morgan fingerprint density at radius 1 is 1.17 bits per heavy atom. The van der Waals surface area contributed by atoms with Crippen molar-refractivity contribution in [2.45, 2.75) is 41.6 Å². The molecule has 1 fully saturated rings. The van der Waals surface area contributed by atoms with Gasteiger partial charge in [-0.25, -0.2) is 22.5 Å². The summed E-state index contributed by atoms with van der Waals surface area (Å²) in [5.74, 6) is -0.939. The highest BCUT2D eigenvalue weighted by Crippen LogP contribution is 2.32. The number of pyridine rings is 1. The van der Waals surface area contributed by atoms with Crippen LogP contribution in [0, 0.1) is 5.82 Å². The van der Waals surface area contributed by atoms with Gasteiger partial charge in [0.15, 0.2) is 9.84 Å². The standard InChI is InChI=1S/C22H20F4N4O4S/c1-34-21-13(12-30(29-21)15-4-9-19(27-11-15)22(24,25)26)10-20(31)28-17-7-8-18(17)35(32,33)16-5-2-14(23)3-6-16/h2-6,9,11-12,17-18H,7-8,10H2,1H3,(H,28,31)/t17-,18+/m1/s1. The number of halogens is 4. The topological polar surface area (TPSA) is 103 Å². The Hall–Kier alpha value is -3.48. The molecule has 8 nitrogen and oxygen atoms in total. The van der Waals surface area contributed by atoms with Crippen LogP contribution < -0.4 is 10.1 Å². The maximum absolute atomic E-state index is 13.1. The van der Waals surface area contributed by atoms with Gasteiger partial charge >= 0.3 is 6.18 Å². The van der Waals surface area contributed by atoms with Crippen molar-refractivity contribution >= 4 is 15.7 Å². The predicted molar refractivity (Wildman–Crippen MR) is 115 cm³/mol. The van der Waals surface area contributed by atoms with E-state index in [0.717, 1.165) is 24.4 Å². The second-order valence-electron chi connectivity index (χ2n) is 7.97. The zero-order valence-electron chi connectivity index (χ0n) is 18.3. The Kier molecular flexibility index (Phi) is 6.54. The molecule has 0 radical (unpaired) electrons. The van der Waals surface area contributed by atoms with E-state index >= 15 is 0 Å². The van der Waals surface area contributed by atoms with E-state index in [4.69, 9.17) is 4.74 Å². The van der Waals surface area contributed by atoms with Crippen LogP contribution in [0.3, 0.4) is 0 Å². The Balaban J connectivity index is 1.45. The van der Waals surface area contributed by atoms with Crippen LogP contribution in [0.5, 0.6) is 5.88 Å². The Bertz CT molecular complexity index is 1320. The highest BCUT2D eigenvalue weighted by atomic mass is 32.2. The van der Waals surface area contributed by atoms with E-state index in [-0.39, 0.29) is 22.9 Å². The minimum Gasteiger partial charge on any atom is -0.480 e. The number of nitrogens with zero attached hydrogens (tertiary/aromatic N) is 3. The minimum absolute atomic E-state index is 0.0176. The molecule has 186 valence electrons. The number of methoxy groups -OCH3 is 1. The van der Waals surface area contributed by atoms with Gasteiger partial charge in [0.05, 0.1) is 35.6 Å². The molecule has 4 rings (SSSR count). The molecule has 1 saturated carbocycles. The number of carbonyl (C=O) groups excluding carboxylic acids is 1. The number of ether oxygens (including phenoxy) is 1. The van der Waals surface area contributed by atoms with Gasteiger partial charge in [-0.1, -0.05) is 0 Å². The van der Waals surface area contributed by atoms with Crippen molar-refractivity contribution in [2.75, 3.05) is 7.11 Å². The number of rotatable bonds is 7. The molecule has 1 amide bonds. The normalized spacial score (nSPS) is 18.1. The highest BCUT2D eigenvalue weighted by Gasteiger charge is 2.42. The van der Waals surface area contributed by atoms with E-state index < -0.39 is 44.7 Å². The second-order valence-corrected chi connectivity index (χ2v) is 10.1. The summed E-state index contributed by atoms with van der Waals surface area (Å²) >= 11 is 0. The number of sulfone groups is 1. The molecule has 0 aliphatic heterocycles. The number of hydrogen-bond donors (Lipinski definition) is 1. The first kappa shape index (κ1) is 24.6. The lowest BCUT2D eigenvalue weighted by Crippen LogP contribution is -2.54. The summed E-state index contributed by atoms with van der Waals surface area (Å²) in [6.45, 7) is 0. The largest absolute Gasteiger partial charge is 0.480 e. The van der Waals surface area contributed by atoms with Crippen LogP contribution in [0.2, 0.25) is 0 Å². The molecule has 1 aliphatic rings. The van der Waals surface area contributed by atoms with Crippen molar-refractivity contribution < 1.29 is 35.5 Å². The zero-order valence-corrected chi connectivity index (χ0v) is 19.1. The quantitative estimate of drug-likeness (QED) is 0.386. The third kappa shape index (κ3) is 5.14. The van der Waals surface area contributed by atoms with Gasteiger partial charge in [0.1, 0.15) is 11.5 Å². The van der Waals surface area contributed by atoms with Crippen LogP contribution in [-0.2, 0) is 27.2 Å². The van der Waals surface area contributed by atoms with Gasteiger partial charge in [0, 0.05) is 17.8 Å². The molecule has 0 spiro atoms. The average molecular weight is 512 g/mol. The Morgan fingerprint density at radius 2 is 1.89 bits per heavy atom. The predicted octanol–water partition coefficient (Wildman–Crippen LogP) is 3.10. The number of aromatic nitrogens is 3. The van der Waals surface area contributed by atoms with E-state index in [9.17, 15) is 30.8 Å². The molecule has 3 aromatic rings. The summed E-state index contributed by atoms with van der Waals surface area (Å²) in [5.41, 5.74) is -0.472. The first-order chi connectivity index (χ1) is 16.5. The van der Waals surface area contributed by atoms with Gasteiger partial charge < -0.3 is 10.1 Å². The Labute approximate surface area is 197 Å². The van der Waals surface area contributed by atoms with E-state index in [2.05, 4.69) is 15.4 Å². The smallest absolute Gasteiger partial charge is 0.433 e. The fourth-order valence-electron chi connectivity index (χ4n) is 3.74. The average Bonchev–Trinajstić information content (AvgIpc) is 3.19. The molecule has 1 aromatic carbocycles. The maximum Gasteiger partial charge on any atom is 0.433 e. The van der Waals surface area contributed by atoms with Gasteiger partial charge in [-0.3, -0.25) is 4.79 Å². The first-order valence-corrected chi connectivity index (χ1v) is 12.0. The lowest BCUT2D eigenvalue weighted by molar-refractivity contribution is -0.141. The van der Waals surface area contributed by atoms with Crippen molar-refractivity contribution in [3.05, 3.63) is 65.9 Å². The maximum atomic E-state index is 13.1. The summed E-state index contributed by atoms with van der Waals surface area (Å²) in [5, 5.41) is 6.00. The van der Waals surface area contributed by atoms with E-state index in [0.29, 0.717) is 18.4 Å². The number of carbonyl (C=O) groups is 1. The number of amides is 1. The third-order valence-corrected chi connectivity index (χ3v) is 7.99. The Morgan fingerprint density at radius 3 is 2.43 bits per heavy atom. The number of alkyl halides is 3. The van der Waals surface area contributed by atoms with Crippen LogP contribution in [0.15, 0.2) is 53.7 Å². The molecular formula is C22H20F4N4O4S. The lowest BCUT2D eigenvalue weighted by Gasteiger charge is -2.36. The fraction of sp³-hybridized carbons (Fsp3) is 0.318. The molecule has 1 aliphatic carbocycles. The van der Waals surface area contributed by atoms with Gasteiger partial charge in [-0.15, -0.1) is 5.10 Å². The van der Waals surface area contributed by atoms with Gasteiger partial charge in [0.25, 0.3) is 0 Å². The zero-order chi connectivity index (χ0) is 25.4. The van der Waals surface area contributed by atoms with Crippen LogP contribution in [0.4, 0.5) is 17.6 Å². The molecule has 2 heterocycles. The van der Waals surface area contributed by atoms with Crippen molar-refractivity contribution in [3.8, 4) is 11.6 Å². The van der Waals surface area contributed by atoms with Gasteiger partial charge in [-0.2, -0.15) is 13.2 Å². The summed E-state index contributed by atoms with van der Waals surface area (Å²) in [4.78, 5) is 16.0. The SMILES string of the molecule is COc1nn(-c2ccc(C(F)(F)F)nc2)cc1CC(=O)N[C@@H]1CC[C@@H]1S(=O)(=O)c1ccc(F)cc1. The minimum atomic E-state index is -4.58. The second kappa shape index (κ2) is 9.29. The monoisotopic (exact) mass is 512 g/mol. The van der Waals surface area contributed by atoms with Crippen LogP contribution in [-0.4, -0.2) is 47.5 Å². The van der Waals surface area contributed by atoms with E-state index in [1.807, 2.05) is 0 Å². The van der Waals surface area contributed by atoms with Crippen molar-refractivity contribution in [2.24, 2.45) is 0 Å². The van der Waals surface area contributed by atoms with E-state index in [1.54, 1.807) is 0 Å². The molecule has 0 bridgehead atoms. The van der Waals surface area contributed by atoms with Crippen molar-refractivity contribution in [3.63, 3.8) is 0 Å².